The van der Waals surface area contributed by atoms with E-state index >= 15 is 13.2 Å². The number of fused-ring (bicyclic) bond motifs is 3. The predicted molar refractivity (Wildman–Crippen MR) is 278 cm³/mol. The van der Waals surface area contributed by atoms with Gasteiger partial charge in [-0.3, -0.25) is 24.5 Å². The number of rotatable bonds is 20. The van der Waals surface area contributed by atoms with Crippen molar-refractivity contribution in [2.75, 3.05) is 45.5 Å². The number of nitrogens with one attached hydrogen (secondary N) is 3. The first kappa shape index (κ1) is 56.2. The molecular weight excluding hydrogens is 1050 g/mol. The molecule has 6 atom stereocenters. The number of oxime groups is 1. The first-order chi connectivity index (χ1) is 36.7. The number of likely N-dealkylation sites (N-methyl/N-ethyl adjacent to an activating group) is 1. The van der Waals surface area contributed by atoms with Gasteiger partial charge in [-0.2, -0.15) is 13.2 Å². The summed E-state index contributed by atoms with van der Waals surface area (Å²) in [6, 6.07) is 14.8. The maximum atomic E-state index is 15.3. The van der Waals surface area contributed by atoms with Gasteiger partial charge in [0.1, 0.15) is 66.1 Å². The Labute approximate surface area is 452 Å². The average Bonchev–Trinajstić information content (AvgIpc) is 3.95. The number of aromatic nitrogens is 1. The van der Waals surface area contributed by atoms with E-state index in [0.29, 0.717) is 52.2 Å². The summed E-state index contributed by atoms with van der Waals surface area (Å²) in [6.07, 6.45) is -1.50. The summed E-state index contributed by atoms with van der Waals surface area (Å²) in [7, 11) is 10.1. The summed E-state index contributed by atoms with van der Waals surface area (Å²) < 4.78 is 78.4. The molecule has 0 aliphatic carbocycles. The van der Waals surface area contributed by atoms with Crippen molar-refractivity contribution < 1.29 is 74.8 Å². The van der Waals surface area contributed by atoms with Gasteiger partial charge in [0.15, 0.2) is 22.3 Å². The van der Waals surface area contributed by atoms with E-state index in [-0.39, 0.29) is 66.5 Å². The number of thiazole rings is 1. The monoisotopic (exact) mass is 1100 g/mol. The van der Waals surface area contributed by atoms with Gasteiger partial charge in [-0.05, 0) is 68.3 Å². The van der Waals surface area contributed by atoms with Crippen molar-refractivity contribution in [3.63, 3.8) is 0 Å². The number of hydrogen-bond acceptors (Lipinski definition) is 16. The number of anilines is 1. The quantitative estimate of drug-likeness (QED) is 0.0198. The van der Waals surface area contributed by atoms with E-state index in [9.17, 15) is 24.0 Å². The molecule has 0 spiro atoms. The van der Waals surface area contributed by atoms with E-state index in [1.165, 1.54) is 37.4 Å². The second-order valence-electron chi connectivity index (χ2n) is 20.0. The molecule has 4 aliphatic heterocycles. The smallest absolute Gasteiger partial charge is 0.420 e. The highest BCUT2D eigenvalue weighted by Gasteiger charge is 2.54. The molecule has 4 aliphatic rings. The van der Waals surface area contributed by atoms with Crippen molar-refractivity contribution in [2.45, 2.75) is 107 Å². The molecule has 19 nitrogen and oxygen atoms in total. The number of nitrogens with zero attached hydrogens (tertiary/aromatic N) is 4. The Balaban J connectivity index is 0.920. The number of carbonyl (C=O) groups excluding carboxylic acids is 5. The van der Waals surface area contributed by atoms with Crippen LogP contribution in [0, 0.1) is 0 Å². The lowest BCUT2D eigenvalue weighted by atomic mass is 9.93. The van der Waals surface area contributed by atoms with Crippen LogP contribution in [0.1, 0.15) is 85.6 Å². The normalized spacial score (nSPS) is 21.9. The number of halogens is 3. The summed E-state index contributed by atoms with van der Waals surface area (Å²) >= 11 is 2.47. The lowest BCUT2D eigenvalue weighted by molar-refractivity contribution is -0.944. The molecule has 5 heterocycles. The van der Waals surface area contributed by atoms with Gasteiger partial charge in [0.2, 0.25) is 0 Å². The van der Waals surface area contributed by atoms with Gasteiger partial charge < -0.3 is 53.2 Å². The Morgan fingerprint density at radius 1 is 0.896 bits per heavy atom. The second kappa shape index (κ2) is 23.7. The summed E-state index contributed by atoms with van der Waals surface area (Å²) in [6.45, 7) is 5.06. The van der Waals surface area contributed by atoms with Gasteiger partial charge in [-0.15, -0.1) is 23.1 Å². The average molecular weight is 1110 g/mol. The molecular formula is C52H58BF3N7O12S2+. The Hall–Kier alpha value is -6.99. The molecule has 4 aromatic rings. The van der Waals surface area contributed by atoms with Crippen LogP contribution in [0.15, 0.2) is 83.0 Å². The van der Waals surface area contributed by atoms with Crippen LogP contribution in [0.3, 0.4) is 0 Å². The van der Waals surface area contributed by atoms with Gasteiger partial charge in [-0.1, -0.05) is 29.4 Å². The SMILES string of the molecule is [B]OC(=O)CCO/N=C(\C(=O)N[C@@H]1C(=O)N2C=C(C[N+]3(C)[C@@H]4CC[C@H]3CC(NC(=O)c3ccc(OCc5ccc(OC)cc5)c(OCc5ccc(OC)cc5)c3C(F)(F)F)C4)CS[C@H]12)c1csc(NC(=O)OC(C)(C)C)n1. The first-order valence-corrected chi connectivity index (χ1v) is 26.5. The molecule has 4 amide bonds. The Bertz CT molecular complexity index is 2890. The second-order valence-corrected chi connectivity index (χ2v) is 21.9. The maximum Gasteiger partial charge on any atom is 0.420 e. The molecule has 3 fully saturated rings. The molecule has 8 rings (SSSR count). The van der Waals surface area contributed by atoms with Crippen LogP contribution in [0.5, 0.6) is 23.0 Å². The molecule has 77 heavy (non-hydrogen) atoms. The minimum Gasteiger partial charge on any atom is -0.543 e. The summed E-state index contributed by atoms with van der Waals surface area (Å²) in [5.74, 6) is -1.88. The molecule has 3 N–H and O–H groups in total. The number of piperidine rings is 1. The number of thioether (sulfide) groups is 1. The Kier molecular flexibility index (Phi) is 17.3. The molecule has 2 bridgehead atoms. The van der Waals surface area contributed by atoms with Crippen molar-refractivity contribution in [1.29, 1.82) is 0 Å². The molecule has 2 radical (unpaired) electrons. The zero-order chi connectivity index (χ0) is 55.2. The molecule has 0 saturated carbocycles. The van der Waals surface area contributed by atoms with Crippen LogP contribution in [-0.2, 0) is 48.0 Å². The summed E-state index contributed by atoms with van der Waals surface area (Å²) in [5.41, 5.74) is -0.681. The predicted octanol–water partition coefficient (Wildman–Crippen LogP) is 7.28. The summed E-state index contributed by atoms with van der Waals surface area (Å²) in [5, 5.41) is 13.2. The van der Waals surface area contributed by atoms with Crippen molar-refractivity contribution in [3.05, 3.63) is 106 Å². The molecule has 3 saturated heterocycles. The zero-order valence-corrected chi connectivity index (χ0v) is 44.7. The van der Waals surface area contributed by atoms with E-state index in [0.717, 1.165) is 35.8 Å². The van der Waals surface area contributed by atoms with Gasteiger partial charge in [0, 0.05) is 54.6 Å². The molecule has 408 valence electrons. The topological polar surface area (TPSA) is 215 Å². The number of amides is 4. The first-order valence-electron chi connectivity index (χ1n) is 24.6. The summed E-state index contributed by atoms with van der Waals surface area (Å²) in [4.78, 5) is 76.7. The van der Waals surface area contributed by atoms with Crippen LogP contribution >= 0.6 is 23.1 Å². The third kappa shape index (κ3) is 13.4. The van der Waals surface area contributed by atoms with Crippen LogP contribution < -0.4 is 34.9 Å². The van der Waals surface area contributed by atoms with Crippen LogP contribution in [0.25, 0.3) is 0 Å². The zero-order valence-electron chi connectivity index (χ0n) is 43.1. The fourth-order valence-corrected chi connectivity index (χ4v) is 11.8. The van der Waals surface area contributed by atoms with Crippen molar-refractivity contribution in [2.24, 2.45) is 5.16 Å². The van der Waals surface area contributed by atoms with Crippen LogP contribution in [0.4, 0.5) is 23.1 Å². The largest absolute Gasteiger partial charge is 0.543 e. The van der Waals surface area contributed by atoms with Crippen LogP contribution in [-0.4, -0.2) is 133 Å². The van der Waals surface area contributed by atoms with Crippen LogP contribution in [0.2, 0.25) is 0 Å². The number of hydrogen-bond donors (Lipinski definition) is 3. The number of methoxy groups -OCH3 is 2. The van der Waals surface area contributed by atoms with E-state index in [2.05, 4.69) is 37.8 Å². The highest BCUT2D eigenvalue weighted by molar-refractivity contribution is 8.00. The number of quaternary nitrogens is 1. The lowest BCUT2D eigenvalue weighted by Crippen LogP contribution is -2.69. The van der Waals surface area contributed by atoms with Gasteiger partial charge in [0.05, 0.1) is 45.3 Å². The minimum atomic E-state index is -5.01. The number of carbonyl (C=O) groups is 5. The van der Waals surface area contributed by atoms with Crippen molar-refractivity contribution >= 4 is 71.8 Å². The lowest BCUT2D eigenvalue weighted by Gasteiger charge is -2.50. The standard InChI is InChI=1S/C52H57BF3N7O12S2/c1-51(2,3)74-50(68)60-49-58-38(28-77-49)42(61-73-20-19-40(64)75-53)46(66)59-43-47(67)62-23-31(27-76-48(43)62)24-63(4)33-11-12-34(63)22-32(21-33)57-45(65)37-17-18-39(71-25-29-7-13-35(69-5)14-8-29)44(41(37)52(54,55)56)72-26-30-9-15-36(70-6)16-10-30/h7-10,13-18,23,28,32-34,43,48H,11-12,19-22,24-27H2,1-6H3,(H2-,57,58,59,60,65,66,68)/p+1/b61-42-/t32?,33-,34+,43-,48-,63?/m1/s1. The molecule has 25 heteroatoms. The highest BCUT2D eigenvalue weighted by atomic mass is 32.2. The number of ether oxygens (including phenoxy) is 5. The third-order valence-corrected chi connectivity index (χ3v) is 15.8. The molecule has 2 unspecified atom stereocenters. The maximum absolute atomic E-state index is 15.3. The van der Waals surface area contributed by atoms with Gasteiger partial charge in [-0.25, -0.2) is 9.78 Å². The van der Waals surface area contributed by atoms with E-state index in [1.807, 2.05) is 6.20 Å². The minimum absolute atomic E-state index is 0.0183. The number of alkyl halides is 3. The number of benzene rings is 3. The van der Waals surface area contributed by atoms with Gasteiger partial charge in [0.25, 0.3) is 23.7 Å². The fraction of sp³-hybridized carbons (Fsp3) is 0.442. The van der Waals surface area contributed by atoms with E-state index < -0.39 is 70.0 Å². The highest BCUT2D eigenvalue weighted by Crippen LogP contribution is 2.47. The van der Waals surface area contributed by atoms with Crippen molar-refractivity contribution in [1.82, 2.24) is 20.5 Å². The Morgan fingerprint density at radius 2 is 1.53 bits per heavy atom. The fourth-order valence-electron chi connectivity index (χ4n) is 9.86. The van der Waals surface area contributed by atoms with Gasteiger partial charge >= 0.3 is 20.3 Å². The molecule has 3 aromatic carbocycles. The molecule has 1 aromatic heterocycles. The Morgan fingerprint density at radius 3 is 2.13 bits per heavy atom. The third-order valence-electron chi connectivity index (χ3n) is 13.6. The van der Waals surface area contributed by atoms with E-state index in [1.54, 1.807) is 74.2 Å². The van der Waals surface area contributed by atoms with E-state index in [4.69, 9.17) is 36.6 Å². The number of β-lactam (4-membered cyclic amide) rings is 1. The van der Waals surface area contributed by atoms with Crippen molar-refractivity contribution in [3.8, 4) is 23.0 Å².